The Labute approximate surface area is 124 Å². The highest BCUT2D eigenvalue weighted by molar-refractivity contribution is 5.46. The number of hydrogen-bond donors (Lipinski definition) is 1. The number of hydrogen-bond acceptors (Lipinski definition) is 1. The second-order valence-electron chi connectivity index (χ2n) is 6.11. The number of nitrogens with one attached hydrogen (secondary N) is 1. The summed E-state index contributed by atoms with van der Waals surface area (Å²) < 4.78 is 39.2. The number of alkyl halides is 3. The fourth-order valence-electron chi connectivity index (χ4n) is 3.05. The van der Waals surface area contributed by atoms with Crippen molar-refractivity contribution in [2.45, 2.75) is 64.1 Å². The minimum absolute atomic E-state index is 0.242. The Bertz CT molecular complexity index is 438. The van der Waals surface area contributed by atoms with E-state index in [9.17, 15) is 13.2 Å². The van der Waals surface area contributed by atoms with Gasteiger partial charge in [0.1, 0.15) is 0 Å². The number of halogens is 3. The van der Waals surface area contributed by atoms with E-state index in [1.165, 1.54) is 5.56 Å². The zero-order valence-electron chi connectivity index (χ0n) is 12.7. The molecule has 1 aliphatic carbocycles. The van der Waals surface area contributed by atoms with Crippen LogP contribution in [0.5, 0.6) is 0 Å². The second kappa shape index (κ2) is 6.71. The molecule has 0 saturated heterocycles. The second-order valence-corrected chi connectivity index (χ2v) is 6.11. The molecule has 1 fully saturated rings. The van der Waals surface area contributed by atoms with E-state index in [0.717, 1.165) is 18.5 Å². The maximum Gasteiger partial charge on any atom is 0.393 e. The van der Waals surface area contributed by atoms with E-state index in [1.807, 2.05) is 24.3 Å². The molecule has 1 nitrogen and oxygen atoms in total. The first-order chi connectivity index (χ1) is 9.91. The van der Waals surface area contributed by atoms with Crippen molar-refractivity contribution in [2.75, 3.05) is 5.32 Å². The van der Waals surface area contributed by atoms with Crippen LogP contribution in [0.15, 0.2) is 24.3 Å². The molecule has 3 unspecified atom stereocenters. The minimum atomic E-state index is -4.10. The van der Waals surface area contributed by atoms with Crippen LogP contribution in [-0.4, -0.2) is 12.2 Å². The maximum atomic E-state index is 13.1. The Balaban J connectivity index is 2.05. The van der Waals surface area contributed by atoms with E-state index in [0.29, 0.717) is 18.8 Å². The summed E-state index contributed by atoms with van der Waals surface area (Å²) in [5.74, 6) is -0.739. The van der Waals surface area contributed by atoms with E-state index in [2.05, 4.69) is 19.2 Å². The molecule has 0 amide bonds. The maximum absolute atomic E-state index is 13.1. The van der Waals surface area contributed by atoms with Crippen molar-refractivity contribution < 1.29 is 13.2 Å². The highest BCUT2D eigenvalue weighted by Gasteiger charge is 2.45. The molecular weight excluding hydrogens is 275 g/mol. The van der Waals surface area contributed by atoms with E-state index in [1.54, 1.807) is 0 Å². The van der Waals surface area contributed by atoms with Crippen LogP contribution in [0.4, 0.5) is 18.9 Å². The molecule has 0 bridgehead atoms. The van der Waals surface area contributed by atoms with Crippen molar-refractivity contribution in [3.05, 3.63) is 29.8 Å². The van der Waals surface area contributed by atoms with E-state index < -0.39 is 18.1 Å². The summed E-state index contributed by atoms with van der Waals surface area (Å²) in [6.45, 7) is 4.29. The molecule has 2 rings (SSSR count). The quantitative estimate of drug-likeness (QED) is 0.748. The van der Waals surface area contributed by atoms with Gasteiger partial charge in [0.05, 0.1) is 5.92 Å². The standard InChI is InChI=1S/C17H24F3N/c1-3-12(2)13-8-10-14(11-9-13)21-16-7-5-4-6-15(16)17(18,19)20/h8-12,15-16,21H,3-7H2,1-2H3. The van der Waals surface area contributed by atoms with Crippen molar-refractivity contribution in [3.63, 3.8) is 0 Å². The highest BCUT2D eigenvalue weighted by Crippen LogP contribution is 2.39. The predicted molar refractivity (Wildman–Crippen MR) is 80.6 cm³/mol. The molecule has 4 heteroatoms. The summed E-state index contributed by atoms with van der Waals surface area (Å²) >= 11 is 0. The summed E-state index contributed by atoms with van der Waals surface area (Å²) in [4.78, 5) is 0. The Morgan fingerprint density at radius 1 is 1.14 bits per heavy atom. The third kappa shape index (κ3) is 4.14. The predicted octanol–water partition coefficient (Wildman–Crippen LogP) is 5.73. The van der Waals surface area contributed by atoms with Gasteiger partial charge in [0.15, 0.2) is 0 Å². The van der Waals surface area contributed by atoms with Gasteiger partial charge in [-0.2, -0.15) is 13.2 Å². The summed E-state index contributed by atoms with van der Waals surface area (Å²) in [5, 5.41) is 3.10. The Morgan fingerprint density at radius 3 is 2.33 bits per heavy atom. The fourth-order valence-corrected chi connectivity index (χ4v) is 3.05. The molecule has 3 atom stereocenters. The van der Waals surface area contributed by atoms with Crippen LogP contribution < -0.4 is 5.32 Å². The van der Waals surface area contributed by atoms with Gasteiger partial charge in [0.2, 0.25) is 0 Å². The normalized spacial score (nSPS) is 24.6. The smallest absolute Gasteiger partial charge is 0.382 e. The van der Waals surface area contributed by atoms with Crippen molar-refractivity contribution in [2.24, 2.45) is 5.92 Å². The van der Waals surface area contributed by atoms with Crippen molar-refractivity contribution >= 4 is 5.69 Å². The number of rotatable bonds is 4. The average Bonchev–Trinajstić information content (AvgIpc) is 2.47. The molecule has 1 N–H and O–H groups in total. The van der Waals surface area contributed by atoms with Crippen LogP contribution in [0.3, 0.4) is 0 Å². The molecule has 21 heavy (non-hydrogen) atoms. The van der Waals surface area contributed by atoms with Crippen LogP contribution in [0.2, 0.25) is 0 Å². The summed E-state index contributed by atoms with van der Waals surface area (Å²) in [5.41, 5.74) is 2.03. The molecule has 0 aliphatic heterocycles. The Kier molecular flexibility index (Phi) is 5.17. The molecule has 118 valence electrons. The largest absolute Gasteiger partial charge is 0.393 e. The number of anilines is 1. The topological polar surface area (TPSA) is 12.0 Å². The van der Waals surface area contributed by atoms with Gasteiger partial charge in [-0.1, -0.05) is 38.8 Å². The van der Waals surface area contributed by atoms with Gasteiger partial charge in [-0.25, -0.2) is 0 Å². The summed E-state index contributed by atoms with van der Waals surface area (Å²) in [6.07, 6.45) is -0.659. The first-order valence-electron chi connectivity index (χ1n) is 7.85. The zero-order chi connectivity index (χ0) is 15.5. The van der Waals surface area contributed by atoms with Crippen LogP contribution in [0.25, 0.3) is 0 Å². The van der Waals surface area contributed by atoms with Crippen LogP contribution in [0, 0.1) is 5.92 Å². The molecule has 1 saturated carbocycles. The molecule has 0 spiro atoms. The van der Waals surface area contributed by atoms with Gasteiger partial charge in [-0.15, -0.1) is 0 Å². The van der Waals surface area contributed by atoms with Crippen molar-refractivity contribution in [1.29, 1.82) is 0 Å². The van der Waals surface area contributed by atoms with Gasteiger partial charge >= 0.3 is 6.18 Å². The summed E-state index contributed by atoms with van der Waals surface area (Å²) in [7, 11) is 0. The number of benzene rings is 1. The highest BCUT2D eigenvalue weighted by atomic mass is 19.4. The van der Waals surface area contributed by atoms with E-state index >= 15 is 0 Å². The fraction of sp³-hybridized carbons (Fsp3) is 0.647. The molecule has 0 radical (unpaired) electrons. The molecule has 1 aromatic rings. The first kappa shape index (κ1) is 16.2. The lowest BCUT2D eigenvalue weighted by Gasteiger charge is -2.34. The van der Waals surface area contributed by atoms with Gasteiger partial charge in [-0.05, 0) is 42.9 Å². The van der Waals surface area contributed by atoms with Gasteiger partial charge in [0.25, 0.3) is 0 Å². The van der Waals surface area contributed by atoms with E-state index in [4.69, 9.17) is 0 Å². The first-order valence-corrected chi connectivity index (χ1v) is 7.85. The molecule has 0 aromatic heterocycles. The van der Waals surface area contributed by atoms with Gasteiger partial charge in [-0.3, -0.25) is 0 Å². The monoisotopic (exact) mass is 299 g/mol. The summed E-state index contributed by atoms with van der Waals surface area (Å²) in [6, 6.07) is 7.35. The lowest BCUT2D eigenvalue weighted by atomic mass is 9.84. The molecule has 1 aromatic carbocycles. The lowest BCUT2D eigenvalue weighted by Crippen LogP contribution is -2.41. The van der Waals surface area contributed by atoms with Crippen LogP contribution in [0.1, 0.15) is 57.4 Å². The SMILES string of the molecule is CCC(C)c1ccc(NC2CCCCC2C(F)(F)F)cc1. The van der Waals surface area contributed by atoms with E-state index in [-0.39, 0.29) is 6.42 Å². The molecular formula is C17H24F3N. The van der Waals surface area contributed by atoms with Crippen molar-refractivity contribution in [1.82, 2.24) is 0 Å². The minimum Gasteiger partial charge on any atom is -0.382 e. The van der Waals surface area contributed by atoms with Gasteiger partial charge in [0, 0.05) is 11.7 Å². The zero-order valence-corrected chi connectivity index (χ0v) is 12.7. The Morgan fingerprint density at radius 2 is 1.76 bits per heavy atom. The average molecular weight is 299 g/mol. The van der Waals surface area contributed by atoms with Gasteiger partial charge < -0.3 is 5.32 Å². The third-order valence-corrected chi connectivity index (χ3v) is 4.63. The van der Waals surface area contributed by atoms with Crippen LogP contribution in [-0.2, 0) is 0 Å². The molecule has 0 heterocycles. The molecule has 1 aliphatic rings. The third-order valence-electron chi connectivity index (χ3n) is 4.63. The van der Waals surface area contributed by atoms with Crippen molar-refractivity contribution in [3.8, 4) is 0 Å². The van der Waals surface area contributed by atoms with Crippen LogP contribution >= 0.6 is 0 Å². The Hall–Kier alpha value is -1.19. The lowest BCUT2D eigenvalue weighted by molar-refractivity contribution is -0.184.